The second-order valence-electron chi connectivity index (χ2n) is 2.66. The maximum absolute atomic E-state index is 9.60. The van der Waals surface area contributed by atoms with Crippen LogP contribution in [-0.4, -0.2) is 11.0 Å². The van der Waals surface area contributed by atoms with E-state index in [-0.39, 0.29) is 0 Å². The van der Waals surface area contributed by atoms with Gasteiger partial charge in [0.25, 0.3) is 0 Å². The minimum absolute atomic E-state index is 0.393. The Kier molecular flexibility index (Phi) is 4.33. The lowest BCUT2D eigenvalue weighted by molar-refractivity contribution is 0.175. The Morgan fingerprint density at radius 2 is 2.00 bits per heavy atom. The molecule has 1 unspecified atom stereocenters. The molecule has 0 aliphatic rings. The van der Waals surface area contributed by atoms with Crippen LogP contribution in [-0.2, 0) is 0 Å². The summed E-state index contributed by atoms with van der Waals surface area (Å²) in [4.78, 5) is 0. The number of aliphatic hydroxyl groups is 1. The first-order valence-electron chi connectivity index (χ1n) is 3.84. The number of rotatable bonds is 3. The molecule has 0 bridgehead atoms. The van der Waals surface area contributed by atoms with Gasteiger partial charge in [-0.15, -0.1) is 11.6 Å². The molecule has 1 atom stereocenters. The minimum atomic E-state index is -0.635. The van der Waals surface area contributed by atoms with E-state index in [0.29, 0.717) is 27.9 Å². The molecule has 0 aliphatic heterocycles. The molecule has 0 amide bonds. The molecule has 0 saturated carbocycles. The van der Waals surface area contributed by atoms with Gasteiger partial charge in [-0.2, -0.15) is 0 Å². The van der Waals surface area contributed by atoms with Crippen LogP contribution >= 0.6 is 34.8 Å². The molecule has 1 aromatic carbocycles. The molecule has 0 radical (unpaired) electrons. The van der Waals surface area contributed by atoms with Crippen molar-refractivity contribution in [1.82, 2.24) is 0 Å². The van der Waals surface area contributed by atoms with Crippen LogP contribution in [0.5, 0.6) is 0 Å². The van der Waals surface area contributed by atoms with E-state index in [1.807, 2.05) is 0 Å². The predicted octanol–water partition coefficient (Wildman–Crippen LogP) is 3.66. The molecule has 0 saturated heterocycles. The highest BCUT2D eigenvalue weighted by Crippen LogP contribution is 2.28. The monoisotopic (exact) mass is 238 g/mol. The Bertz CT molecular complexity index is 288. The third-order valence-corrected chi connectivity index (χ3v) is 2.50. The molecule has 0 fully saturated rings. The molecule has 4 heteroatoms. The molecule has 0 spiro atoms. The van der Waals surface area contributed by atoms with E-state index >= 15 is 0 Å². The summed E-state index contributed by atoms with van der Waals surface area (Å²) in [5.41, 5.74) is 0.634. The first kappa shape index (κ1) is 11.1. The van der Waals surface area contributed by atoms with Crippen molar-refractivity contribution in [3.05, 3.63) is 33.8 Å². The fraction of sp³-hybridized carbons (Fsp3) is 0.333. The average Bonchev–Trinajstić information content (AvgIpc) is 2.09. The third kappa shape index (κ3) is 3.03. The van der Waals surface area contributed by atoms with Gasteiger partial charge in [0.2, 0.25) is 0 Å². The molecule has 0 aromatic heterocycles. The molecule has 1 aromatic rings. The smallest absolute Gasteiger partial charge is 0.0816 e. The molecule has 13 heavy (non-hydrogen) atoms. The first-order valence-corrected chi connectivity index (χ1v) is 5.13. The Labute approximate surface area is 92.2 Å². The second kappa shape index (κ2) is 5.06. The molecule has 72 valence electrons. The maximum atomic E-state index is 9.60. The zero-order valence-electron chi connectivity index (χ0n) is 6.80. The van der Waals surface area contributed by atoms with E-state index < -0.39 is 6.10 Å². The van der Waals surface area contributed by atoms with Crippen molar-refractivity contribution in [2.24, 2.45) is 0 Å². The number of aliphatic hydroxyl groups excluding tert-OH is 1. The number of halogens is 3. The van der Waals surface area contributed by atoms with Gasteiger partial charge in [0.15, 0.2) is 0 Å². The summed E-state index contributed by atoms with van der Waals surface area (Å²) in [6, 6.07) is 5.00. The highest BCUT2D eigenvalue weighted by atomic mass is 35.5. The summed E-state index contributed by atoms with van der Waals surface area (Å²) in [6.45, 7) is 0. The van der Waals surface area contributed by atoms with Crippen LogP contribution in [0.2, 0.25) is 10.0 Å². The quantitative estimate of drug-likeness (QED) is 0.798. The number of benzene rings is 1. The van der Waals surface area contributed by atoms with Gasteiger partial charge in [0.05, 0.1) is 6.10 Å². The maximum Gasteiger partial charge on any atom is 0.0816 e. The van der Waals surface area contributed by atoms with E-state index in [2.05, 4.69) is 0 Å². The van der Waals surface area contributed by atoms with Crippen molar-refractivity contribution in [2.45, 2.75) is 12.5 Å². The molecule has 1 N–H and O–H groups in total. The highest BCUT2D eigenvalue weighted by Gasteiger charge is 2.10. The predicted molar refractivity (Wildman–Crippen MR) is 56.8 cm³/mol. The summed E-state index contributed by atoms with van der Waals surface area (Å²) in [5, 5.41) is 10.7. The van der Waals surface area contributed by atoms with Crippen LogP contribution in [0.25, 0.3) is 0 Å². The zero-order valence-corrected chi connectivity index (χ0v) is 9.07. The van der Waals surface area contributed by atoms with E-state index in [1.54, 1.807) is 18.2 Å². The number of hydrogen-bond donors (Lipinski definition) is 1. The molecule has 1 rings (SSSR count). The van der Waals surface area contributed by atoms with E-state index in [4.69, 9.17) is 34.8 Å². The molecule has 0 aliphatic carbocycles. The van der Waals surface area contributed by atoms with Crippen LogP contribution < -0.4 is 0 Å². The Morgan fingerprint density at radius 1 is 1.31 bits per heavy atom. The average molecular weight is 240 g/mol. The van der Waals surface area contributed by atoms with Crippen molar-refractivity contribution in [3.63, 3.8) is 0 Å². The van der Waals surface area contributed by atoms with Crippen LogP contribution in [0.3, 0.4) is 0 Å². The minimum Gasteiger partial charge on any atom is -0.388 e. The van der Waals surface area contributed by atoms with Crippen LogP contribution in [0, 0.1) is 0 Å². The SMILES string of the molecule is OC(CCCl)c1cc(Cl)ccc1Cl. The van der Waals surface area contributed by atoms with Gasteiger partial charge in [0.1, 0.15) is 0 Å². The Hall–Kier alpha value is 0.0500. The lowest BCUT2D eigenvalue weighted by Crippen LogP contribution is -1.98. The first-order chi connectivity index (χ1) is 6.15. The van der Waals surface area contributed by atoms with E-state index in [0.717, 1.165) is 0 Å². The van der Waals surface area contributed by atoms with Gasteiger partial charge in [-0.1, -0.05) is 23.2 Å². The summed E-state index contributed by atoms with van der Waals surface area (Å²) in [5.74, 6) is 0.393. The van der Waals surface area contributed by atoms with Gasteiger partial charge in [-0.05, 0) is 24.6 Å². The third-order valence-electron chi connectivity index (χ3n) is 1.70. The van der Waals surface area contributed by atoms with Crippen LogP contribution in [0.15, 0.2) is 18.2 Å². The van der Waals surface area contributed by atoms with Crippen molar-refractivity contribution >= 4 is 34.8 Å². The van der Waals surface area contributed by atoms with Gasteiger partial charge in [-0.3, -0.25) is 0 Å². The lowest BCUT2D eigenvalue weighted by Gasteiger charge is -2.11. The van der Waals surface area contributed by atoms with Crippen molar-refractivity contribution in [3.8, 4) is 0 Å². The Morgan fingerprint density at radius 3 is 2.62 bits per heavy atom. The van der Waals surface area contributed by atoms with Crippen molar-refractivity contribution in [1.29, 1.82) is 0 Å². The van der Waals surface area contributed by atoms with Crippen molar-refractivity contribution < 1.29 is 5.11 Å². The fourth-order valence-corrected chi connectivity index (χ4v) is 1.66. The van der Waals surface area contributed by atoms with Gasteiger partial charge in [0, 0.05) is 21.5 Å². The summed E-state index contributed by atoms with van der Waals surface area (Å²) < 4.78 is 0. The summed E-state index contributed by atoms with van der Waals surface area (Å²) >= 11 is 17.1. The van der Waals surface area contributed by atoms with Crippen LogP contribution in [0.4, 0.5) is 0 Å². The zero-order chi connectivity index (χ0) is 9.84. The highest BCUT2D eigenvalue weighted by molar-refractivity contribution is 6.33. The molecule has 1 nitrogen and oxygen atoms in total. The molecular formula is C9H9Cl3O. The van der Waals surface area contributed by atoms with Crippen LogP contribution in [0.1, 0.15) is 18.1 Å². The standard InChI is InChI=1S/C9H9Cl3O/c10-4-3-9(13)7-5-6(11)1-2-8(7)12/h1-2,5,9,13H,3-4H2. The fourth-order valence-electron chi connectivity index (χ4n) is 1.03. The molecular weight excluding hydrogens is 230 g/mol. The second-order valence-corrected chi connectivity index (χ2v) is 3.88. The van der Waals surface area contributed by atoms with E-state index in [9.17, 15) is 5.11 Å². The van der Waals surface area contributed by atoms with E-state index in [1.165, 1.54) is 0 Å². The summed E-state index contributed by atoms with van der Waals surface area (Å²) in [6.07, 6.45) is -0.162. The van der Waals surface area contributed by atoms with Gasteiger partial charge < -0.3 is 5.11 Å². The normalized spacial score (nSPS) is 12.9. The van der Waals surface area contributed by atoms with Gasteiger partial charge >= 0.3 is 0 Å². The summed E-state index contributed by atoms with van der Waals surface area (Å²) in [7, 11) is 0. The largest absolute Gasteiger partial charge is 0.388 e. The Balaban J connectivity index is 2.91. The van der Waals surface area contributed by atoms with Crippen molar-refractivity contribution in [2.75, 3.05) is 5.88 Å². The van der Waals surface area contributed by atoms with Gasteiger partial charge in [-0.25, -0.2) is 0 Å². The lowest BCUT2D eigenvalue weighted by atomic mass is 10.1. The topological polar surface area (TPSA) is 20.2 Å². The number of alkyl halides is 1. The molecule has 0 heterocycles. The number of hydrogen-bond acceptors (Lipinski definition) is 1.